The van der Waals surface area contributed by atoms with Gasteiger partial charge in [-0.05, 0) is 25.8 Å². The van der Waals surface area contributed by atoms with Gasteiger partial charge in [0.25, 0.3) is 0 Å². The fourth-order valence-corrected chi connectivity index (χ4v) is 3.07. The molecule has 3 N–H and O–H groups in total. The molecule has 1 aliphatic rings. The van der Waals surface area contributed by atoms with Gasteiger partial charge < -0.3 is 9.15 Å². The van der Waals surface area contributed by atoms with Gasteiger partial charge in [-0.15, -0.1) is 0 Å². The summed E-state index contributed by atoms with van der Waals surface area (Å²) < 4.78 is 10.9. The second-order valence-electron chi connectivity index (χ2n) is 4.32. The summed E-state index contributed by atoms with van der Waals surface area (Å²) in [7, 11) is 0. The number of amides is 1. The van der Waals surface area contributed by atoms with Crippen LogP contribution >= 0.6 is 11.8 Å². The van der Waals surface area contributed by atoms with E-state index in [1.54, 1.807) is 17.8 Å². The number of hydrogen-bond acceptors (Lipinski definition) is 5. The molecular weight excluding hydrogens is 252 g/mol. The summed E-state index contributed by atoms with van der Waals surface area (Å²) in [5.74, 6) is 7.52. The van der Waals surface area contributed by atoms with Crippen molar-refractivity contribution < 1.29 is 13.9 Å². The van der Waals surface area contributed by atoms with Gasteiger partial charge in [-0.2, -0.15) is 11.8 Å². The molecule has 0 bridgehead atoms. The van der Waals surface area contributed by atoms with E-state index >= 15 is 0 Å². The van der Waals surface area contributed by atoms with Crippen molar-refractivity contribution >= 4 is 17.7 Å². The minimum absolute atomic E-state index is 0.266. The standard InChI is InChI=1S/C12H18N2O3S/c1-8-9(5-11(17-8)12(15)14-13)6-18-7-10-3-2-4-16-10/h5,10H,2-4,6-7,13H2,1H3,(H,14,15). The fourth-order valence-electron chi connectivity index (χ4n) is 1.92. The molecule has 2 rings (SSSR count). The van der Waals surface area contributed by atoms with Crippen LogP contribution in [0.5, 0.6) is 0 Å². The van der Waals surface area contributed by atoms with E-state index in [1.165, 1.54) is 0 Å². The maximum atomic E-state index is 11.3. The summed E-state index contributed by atoms with van der Waals surface area (Å²) in [4.78, 5) is 11.3. The van der Waals surface area contributed by atoms with Crippen LogP contribution in [0.15, 0.2) is 10.5 Å². The van der Waals surface area contributed by atoms with E-state index in [4.69, 9.17) is 15.0 Å². The van der Waals surface area contributed by atoms with Crippen molar-refractivity contribution in [2.75, 3.05) is 12.4 Å². The molecule has 6 heteroatoms. The number of hydrazine groups is 1. The zero-order chi connectivity index (χ0) is 13.0. The van der Waals surface area contributed by atoms with Gasteiger partial charge in [0, 0.05) is 23.7 Å². The topological polar surface area (TPSA) is 77.5 Å². The SMILES string of the molecule is Cc1oc(C(=O)NN)cc1CSCC1CCCO1. The van der Waals surface area contributed by atoms with Crippen LogP contribution in [0.1, 0.15) is 34.7 Å². The first-order chi connectivity index (χ1) is 8.70. The summed E-state index contributed by atoms with van der Waals surface area (Å²) >= 11 is 1.80. The molecule has 0 saturated carbocycles. The van der Waals surface area contributed by atoms with E-state index in [9.17, 15) is 4.79 Å². The number of ether oxygens (including phenoxy) is 1. The van der Waals surface area contributed by atoms with Gasteiger partial charge in [-0.3, -0.25) is 10.2 Å². The third-order valence-corrected chi connectivity index (χ3v) is 4.08. The van der Waals surface area contributed by atoms with Crippen LogP contribution in [0.4, 0.5) is 0 Å². The second-order valence-corrected chi connectivity index (χ2v) is 5.35. The molecule has 0 aromatic carbocycles. The molecule has 5 nitrogen and oxygen atoms in total. The molecule has 1 atom stereocenters. The highest BCUT2D eigenvalue weighted by Crippen LogP contribution is 2.23. The third-order valence-electron chi connectivity index (χ3n) is 2.96. The van der Waals surface area contributed by atoms with Crippen molar-refractivity contribution in [2.45, 2.75) is 31.6 Å². The highest BCUT2D eigenvalue weighted by atomic mass is 32.2. The summed E-state index contributed by atoms with van der Waals surface area (Å²) in [6, 6.07) is 1.75. The summed E-state index contributed by atoms with van der Waals surface area (Å²) in [6.07, 6.45) is 2.70. The fraction of sp³-hybridized carbons (Fsp3) is 0.583. The Labute approximate surface area is 110 Å². The molecule has 1 amide bonds. The van der Waals surface area contributed by atoms with E-state index in [2.05, 4.69) is 5.43 Å². The van der Waals surface area contributed by atoms with E-state index in [0.29, 0.717) is 6.10 Å². The zero-order valence-corrected chi connectivity index (χ0v) is 11.2. The Balaban J connectivity index is 1.84. The Hall–Kier alpha value is -0.980. The van der Waals surface area contributed by atoms with Gasteiger partial charge >= 0.3 is 5.91 Å². The van der Waals surface area contributed by atoms with Crippen LogP contribution in [0.2, 0.25) is 0 Å². The summed E-state index contributed by atoms with van der Waals surface area (Å²) in [5.41, 5.74) is 3.10. The molecule has 18 heavy (non-hydrogen) atoms. The van der Waals surface area contributed by atoms with Crippen molar-refractivity contribution in [3.63, 3.8) is 0 Å². The van der Waals surface area contributed by atoms with Crippen LogP contribution in [0.25, 0.3) is 0 Å². The summed E-state index contributed by atoms with van der Waals surface area (Å²) in [6.45, 7) is 2.74. The monoisotopic (exact) mass is 270 g/mol. The van der Waals surface area contributed by atoms with Crippen molar-refractivity contribution in [2.24, 2.45) is 5.84 Å². The highest BCUT2D eigenvalue weighted by Gasteiger charge is 2.17. The van der Waals surface area contributed by atoms with Gasteiger partial charge in [0.05, 0.1) is 6.10 Å². The highest BCUT2D eigenvalue weighted by molar-refractivity contribution is 7.98. The van der Waals surface area contributed by atoms with Gasteiger partial charge in [-0.25, -0.2) is 5.84 Å². The first-order valence-electron chi connectivity index (χ1n) is 6.00. The first kappa shape index (κ1) is 13.5. The lowest BCUT2D eigenvalue weighted by Gasteiger charge is -2.07. The number of aryl methyl sites for hydroxylation is 1. The third kappa shape index (κ3) is 3.28. The van der Waals surface area contributed by atoms with E-state index in [-0.39, 0.29) is 5.76 Å². The van der Waals surface area contributed by atoms with E-state index in [0.717, 1.165) is 42.3 Å². The van der Waals surface area contributed by atoms with Crippen LogP contribution < -0.4 is 11.3 Å². The quantitative estimate of drug-likeness (QED) is 0.483. The normalized spacial score (nSPS) is 19.1. The Morgan fingerprint density at radius 3 is 3.17 bits per heavy atom. The molecule has 100 valence electrons. The average molecular weight is 270 g/mol. The van der Waals surface area contributed by atoms with E-state index in [1.807, 2.05) is 6.92 Å². The smallest absolute Gasteiger partial charge is 0.300 e. The predicted octanol–water partition coefficient (Wildman–Crippen LogP) is 1.60. The maximum absolute atomic E-state index is 11.3. The van der Waals surface area contributed by atoms with Gasteiger partial charge in [0.1, 0.15) is 5.76 Å². The first-order valence-corrected chi connectivity index (χ1v) is 7.15. The molecule has 0 radical (unpaired) electrons. The van der Waals surface area contributed by atoms with Crippen LogP contribution in [-0.4, -0.2) is 24.4 Å². The van der Waals surface area contributed by atoms with Gasteiger partial charge in [0.2, 0.25) is 0 Å². The molecular formula is C12H18N2O3S. The second kappa shape index (κ2) is 6.26. The average Bonchev–Trinajstić information content (AvgIpc) is 2.99. The van der Waals surface area contributed by atoms with Crippen molar-refractivity contribution in [3.05, 3.63) is 23.2 Å². The minimum atomic E-state index is -0.395. The maximum Gasteiger partial charge on any atom is 0.300 e. The number of thioether (sulfide) groups is 1. The molecule has 1 unspecified atom stereocenters. The number of rotatable bonds is 5. The Morgan fingerprint density at radius 2 is 2.50 bits per heavy atom. The molecule has 1 aromatic heterocycles. The van der Waals surface area contributed by atoms with Gasteiger partial charge in [-0.1, -0.05) is 0 Å². The Kier molecular flexibility index (Phi) is 4.68. The Morgan fingerprint density at radius 1 is 1.67 bits per heavy atom. The lowest BCUT2D eigenvalue weighted by Crippen LogP contribution is -2.29. The molecule has 1 aromatic rings. The number of nitrogens with two attached hydrogens (primary N) is 1. The number of furan rings is 1. The van der Waals surface area contributed by atoms with Crippen LogP contribution in [-0.2, 0) is 10.5 Å². The molecule has 1 fully saturated rings. The van der Waals surface area contributed by atoms with Crippen molar-refractivity contribution in [3.8, 4) is 0 Å². The lowest BCUT2D eigenvalue weighted by atomic mass is 10.3. The minimum Gasteiger partial charge on any atom is -0.456 e. The molecule has 0 spiro atoms. The lowest BCUT2D eigenvalue weighted by molar-refractivity contribution is 0.0924. The van der Waals surface area contributed by atoms with Crippen LogP contribution in [0, 0.1) is 6.92 Å². The van der Waals surface area contributed by atoms with E-state index < -0.39 is 5.91 Å². The number of carbonyl (C=O) groups is 1. The number of nitrogen functional groups attached to an aromatic ring is 1. The van der Waals surface area contributed by atoms with Crippen LogP contribution in [0.3, 0.4) is 0 Å². The van der Waals surface area contributed by atoms with Crippen molar-refractivity contribution in [1.29, 1.82) is 0 Å². The molecule has 1 aliphatic heterocycles. The Bertz CT molecular complexity index is 413. The largest absolute Gasteiger partial charge is 0.456 e. The molecule has 2 heterocycles. The number of hydrogen-bond donors (Lipinski definition) is 2. The predicted molar refractivity (Wildman–Crippen MR) is 70.2 cm³/mol. The van der Waals surface area contributed by atoms with Crippen molar-refractivity contribution in [1.82, 2.24) is 5.43 Å². The molecule has 0 aliphatic carbocycles. The zero-order valence-electron chi connectivity index (χ0n) is 10.4. The molecule has 1 saturated heterocycles. The number of nitrogens with one attached hydrogen (secondary N) is 1. The summed E-state index contributed by atoms with van der Waals surface area (Å²) in [5, 5.41) is 0. The van der Waals surface area contributed by atoms with Gasteiger partial charge in [0.15, 0.2) is 5.76 Å². The number of carbonyl (C=O) groups excluding carboxylic acids is 1.